The lowest BCUT2D eigenvalue weighted by molar-refractivity contribution is -0.384. The Labute approximate surface area is 114 Å². The fourth-order valence-electron chi connectivity index (χ4n) is 1.60. The predicted molar refractivity (Wildman–Crippen MR) is 72.5 cm³/mol. The highest BCUT2D eigenvalue weighted by Crippen LogP contribution is 2.21. The van der Waals surface area contributed by atoms with E-state index in [4.69, 9.17) is 0 Å². The average molecular weight is 274 g/mol. The number of hydrogen-bond acceptors (Lipinski definition) is 4. The number of non-ortho nitro benzene ring substituents is 1. The second-order valence-corrected chi connectivity index (χ2v) is 4.10. The lowest BCUT2D eigenvalue weighted by Crippen LogP contribution is -1.91. The van der Waals surface area contributed by atoms with Gasteiger partial charge in [0.05, 0.1) is 11.5 Å². The molecule has 0 unspecified atom stereocenters. The molecule has 1 N–H and O–H groups in total. The van der Waals surface area contributed by atoms with Crippen molar-refractivity contribution < 1.29 is 14.4 Å². The Bertz CT molecular complexity index is 654. The number of aliphatic imine (C=N–C) groups is 1. The summed E-state index contributed by atoms with van der Waals surface area (Å²) in [6.07, 6.45) is 1.35. The van der Waals surface area contributed by atoms with Crippen LogP contribution in [-0.4, -0.2) is 16.2 Å². The maximum atomic E-state index is 12.7. The van der Waals surface area contributed by atoms with Crippen LogP contribution in [0.2, 0.25) is 0 Å². The summed E-state index contributed by atoms with van der Waals surface area (Å²) in [4.78, 5) is 14.2. The number of benzene rings is 2. The van der Waals surface area contributed by atoms with Crippen molar-refractivity contribution in [1.82, 2.24) is 0 Å². The molecule has 2 aromatic carbocycles. The summed E-state index contributed by atoms with van der Waals surface area (Å²) in [5.41, 5.74) is 0.944. The Morgan fingerprint density at radius 2 is 1.95 bits per heavy atom. The molecule has 5 nitrogen and oxygen atoms in total. The molecule has 0 bridgehead atoms. The van der Waals surface area contributed by atoms with E-state index in [1.54, 1.807) is 12.1 Å². The van der Waals surface area contributed by atoms with Crippen molar-refractivity contribution in [2.75, 3.05) is 0 Å². The highest BCUT2D eigenvalue weighted by Gasteiger charge is 2.08. The summed E-state index contributed by atoms with van der Waals surface area (Å²) >= 11 is 0. The number of rotatable bonds is 4. The Balaban J connectivity index is 2.12. The standard InChI is InChI=1S/C14H11FN2O3/c15-12-3-1-10(2-4-12)8-16-9-11-7-13(17(19)20)5-6-14(11)18/h1-7,9,18H,8H2. The number of nitro benzene ring substituents is 1. The Kier molecular flexibility index (Phi) is 4.05. The van der Waals surface area contributed by atoms with Crippen LogP contribution in [0.4, 0.5) is 10.1 Å². The molecule has 0 saturated carbocycles. The van der Waals surface area contributed by atoms with E-state index in [-0.39, 0.29) is 22.8 Å². The van der Waals surface area contributed by atoms with E-state index in [1.165, 1.54) is 36.5 Å². The van der Waals surface area contributed by atoms with Crippen LogP contribution in [0.5, 0.6) is 5.75 Å². The van der Waals surface area contributed by atoms with Gasteiger partial charge in [0.25, 0.3) is 5.69 Å². The molecule has 102 valence electrons. The maximum absolute atomic E-state index is 12.7. The average Bonchev–Trinajstić information content (AvgIpc) is 2.43. The fourth-order valence-corrected chi connectivity index (χ4v) is 1.60. The van der Waals surface area contributed by atoms with Crippen molar-refractivity contribution in [3.05, 3.63) is 69.5 Å². The molecule has 20 heavy (non-hydrogen) atoms. The predicted octanol–water partition coefficient (Wildman–Crippen LogP) is 3.06. The zero-order chi connectivity index (χ0) is 14.5. The van der Waals surface area contributed by atoms with Gasteiger partial charge in [0.2, 0.25) is 0 Å². The van der Waals surface area contributed by atoms with E-state index in [0.29, 0.717) is 6.54 Å². The fraction of sp³-hybridized carbons (Fsp3) is 0.0714. The second kappa shape index (κ2) is 5.92. The van der Waals surface area contributed by atoms with Crippen molar-refractivity contribution in [2.24, 2.45) is 4.99 Å². The van der Waals surface area contributed by atoms with E-state index >= 15 is 0 Å². The van der Waals surface area contributed by atoms with E-state index in [1.807, 2.05) is 0 Å². The molecule has 0 spiro atoms. The van der Waals surface area contributed by atoms with Crippen LogP contribution < -0.4 is 0 Å². The van der Waals surface area contributed by atoms with E-state index in [2.05, 4.69) is 4.99 Å². The normalized spacial score (nSPS) is 10.8. The van der Waals surface area contributed by atoms with Gasteiger partial charge in [-0.05, 0) is 23.8 Å². The lowest BCUT2D eigenvalue weighted by Gasteiger charge is -1.99. The highest BCUT2D eigenvalue weighted by atomic mass is 19.1. The third kappa shape index (κ3) is 3.38. The molecule has 0 amide bonds. The van der Waals surface area contributed by atoms with Crippen LogP contribution in [0, 0.1) is 15.9 Å². The zero-order valence-corrected chi connectivity index (χ0v) is 10.4. The summed E-state index contributed by atoms with van der Waals surface area (Å²) in [6.45, 7) is 0.294. The van der Waals surface area contributed by atoms with Gasteiger partial charge in [-0.3, -0.25) is 15.1 Å². The molecular weight excluding hydrogens is 263 g/mol. The first-order valence-electron chi connectivity index (χ1n) is 5.78. The van der Waals surface area contributed by atoms with Gasteiger partial charge >= 0.3 is 0 Å². The number of halogens is 1. The summed E-state index contributed by atoms with van der Waals surface area (Å²) in [5.74, 6) is -0.410. The third-order valence-corrected chi connectivity index (χ3v) is 2.64. The van der Waals surface area contributed by atoms with Crippen LogP contribution in [0.25, 0.3) is 0 Å². The highest BCUT2D eigenvalue weighted by molar-refractivity contribution is 5.84. The lowest BCUT2D eigenvalue weighted by atomic mass is 10.2. The van der Waals surface area contributed by atoms with Crippen LogP contribution in [0.15, 0.2) is 47.5 Å². The van der Waals surface area contributed by atoms with E-state index in [9.17, 15) is 19.6 Å². The Morgan fingerprint density at radius 3 is 2.60 bits per heavy atom. The number of nitro groups is 1. The van der Waals surface area contributed by atoms with Gasteiger partial charge in [-0.1, -0.05) is 12.1 Å². The summed E-state index contributed by atoms with van der Waals surface area (Å²) in [5, 5.41) is 20.2. The molecule has 0 fully saturated rings. The van der Waals surface area contributed by atoms with Gasteiger partial charge in [-0.25, -0.2) is 4.39 Å². The van der Waals surface area contributed by atoms with Crippen molar-refractivity contribution in [3.63, 3.8) is 0 Å². The molecule has 0 saturated heterocycles. The molecule has 2 aromatic rings. The minimum Gasteiger partial charge on any atom is -0.507 e. The smallest absolute Gasteiger partial charge is 0.270 e. The largest absolute Gasteiger partial charge is 0.507 e. The molecule has 0 heterocycles. The first-order valence-corrected chi connectivity index (χ1v) is 5.78. The number of phenolic OH excluding ortho intramolecular Hbond substituents is 1. The Hall–Kier alpha value is -2.76. The number of hydrogen-bond donors (Lipinski definition) is 1. The Morgan fingerprint density at radius 1 is 1.25 bits per heavy atom. The number of phenols is 1. The first-order chi connectivity index (χ1) is 9.56. The number of aromatic hydroxyl groups is 1. The van der Waals surface area contributed by atoms with Gasteiger partial charge in [-0.2, -0.15) is 0 Å². The molecule has 0 aliphatic carbocycles. The second-order valence-electron chi connectivity index (χ2n) is 4.10. The summed E-state index contributed by atoms with van der Waals surface area (Å²) < 4.78 is 12.7. The van der Waals surface area contributed by atoms with Gasteiger partial charge in [-0.15, -0.1) is 0 Å². The van der Waals surface area contributed by atoms with Gasteiger partial charge < -0.3 is 5.11 Å². The monoisotopic (exact) mass is 274 g/mol. The van der Waals surface area contributed by atoms with Crippen LogP contribution in [0.1, 0.15) is 11.1 Å². The minimum atomic E-state index is -0.545. The van der Waals surface area contributed by atoms with Gasteiger partial charge in [0.1, 0.15) is 11.6 Å². The summed E-state index contributed by atoms with van der Waals surface area (Å²) in [6, 6.07) is 9.55. The maximum Gasteiger partial charge on any atom is 0.270 e. The topological polar surface area (TPSA) is 75.7 Å². The molecule has 0 aliphatic rings. The number of nitrogens with zero attached hydrogens (tertiary/aromatic N) is 2. The SMILES string of the molecule is O=[N+]([O-])c1ccc(O)c(C=NCc2ccc(F)cc2)c1. The summed E-state index contributed by atoms with van der Waals surface area (Å²) in [7, 11) is 0. The van der Waals surface area contributed by atoms with Crippen LogP contribution in [0.3, 0.4) is 0 Å². The third-order valence-electron chi connectivity index (χ3n) is 2.64. The van der Waals surface area contributed by atoms with Crippen molar-refractivity contribution in [2.45, 2.75) is 6.54 Å². The van der Waals surface area contributed by atoms with Gasteiger partial charge in [0.15, 0.2) is 0 Å². The van der Waals surface area contributed by atoms with Crippen LogP contribution >= 0.6 is 0 Å². The molecule has 0 radical (unpaired) electrons. The molecule has 2 rings (SSSR count). The quantitative estimate of drug-likeness (QED) is 0.529. The molecule has 0 aliphatic heterocycles. The molecule has 0 aromatic heterocycles. The molecular formula is C14H11FN2O3. The molecule has 0 atom stereocenters. The van der Waals surface area contributed by atoms with E-state index in [0.717, 1.165) is 5.56 Å². The molecule has 6 heteroatoms. The van der Waals surface area contributed by atoms with Crippen molar-refractivity contribution in [3.8, 4) is 5.75 Å². The zero-order valence-electron chi connectivity index (χ0n) is 10.4. The van der Waals surface area contributed by atoms with Crippen molar-refractivity contribution in [1.29, 1.82) is 0 Å². The van der Waals surface area contributed by atoms with Crippen molar-refractivity contribution >= 4 is 11.9 Å². The minimum absolute atomic E-state index is 0.0848. The van der Waals surface area contributed by atoms with Gasteiger partial charge in [0, 0.05) is 23.9 Å². The van der Waals surface area contributed by atoms with Crippen LogP contribution in [-0.2, 0) is 6.54 Å². The van der Waals surface area contributed by atoms with E-state index < -0.39 is 4.92 Å². The first kappa shape index (κ1) is 13.7.